The van der Waals surface area contributed by atoms with Gasteiger partial charge in [-0.15, -0.1) is 0 Å². The van der Waals surface area contributed by atoms with Crippen LogP contribution < -0.4 is 26.2 Å². The average molecular weight is 418 g/mol. The van der Waals surface area contributed by atoms with Gasteiger partial charge in [0.1, 0.15) is 11.8 Å². The summed E-state index contributed by atoms with van der Waals surface area (Å²) in [6.07, 6.45) is -1.27. The fourth-order valence-corrected chi connectivity index (χ4v) is 2.80. The van der Waals surface area contributed by atoms with Gasteiger partial charge < -0.3 is 15.8 Å². The fourth-order valence-electron chi connectivity index (χ4n) is 2.80. The molecular weight excluding hydrogens is 396 g/mol. The lowest BCUT2D eigenvalue weighted by atomic mass is 10.2. The van der Waals surface area contributed by atoms with Gasteiger partial charge in [-0.2, -0.15) is 0 Å². The van der Waals surface area contributed by atoms with Crippen LogP contribution in [-0.2, 0) is 9.59 Å². The Morgan fingerprint density at radius 2 is 1.29 bits per heavy atom. The van der Waals surface area contributed by atoms with Gasteiger partial charge in [0.25, 0.3) is 5.91 Å². The second-order valence-electron chi connectivity index (χ2n) is 6.55. The number of amides is 3. The van der Waals surface area contributed by atoms with Gasteiger partial charge in [-0.05, 0) is 36.4 Å². The molecule has 0 aliphatic rings. The van der Waals surface area contributed by atoms with E-state index >= 15 is 0 Å². The molecule has 3 aromatic carbocycles. The highest BCUT2D eigenvalue weighted by Gasteiger charge is 2.26. The summed E-state index contributed by atoms with van der Waals surface area (Å²) in [7, 11) is 0. The quantitative estimate of drug-likeness (QED) is 0.487. The van der Waals surface area contributed by atoms with Crippen molar-refractivity contribution >= 4 is 29.3 Å². The molecule has 0 aromatic heterocycles. The minimum Gasteiger partial charge on any atom is -0.410 e. The summed E-state index contributed by atoms with van der Waals surface area (Å²) in [5.74, 6) is -1.07. The van der Waals surface area contributed by atoms with E-state index in [9.17, 15) is 14.4 Å². The van der Waals surface area contributed by atoms with Crippen LogP contribution in [0.3, 0.4) is 0 Å². The predicted octanol–water partition coefficient (Wildman–Crippen LogP) is 2.89. The number of ether oxygens (including phenoxy) is 1. The van der Waals surface area contributed by atoms with Crippen molar-refractivity contribution in [1.82, 2.24) is 10.7 Å². The first kappa shape index (κ1) is 21.4. The maximum Gasteiger partial charge on any atom is 0.413 e. The molecule has 0 saturated heterocycles. The van der Waals surface area contributed by atoms with Gasteiger partial charge in [-0.1, -0.05) is 54.6 Å². The van der Waals surface area contributed by atoms with E-state index in [1.807, 2.05) is 60.7 Å². The summed E-state index contributed by atoms with van der Waals surface area (Å²) < 4.78 is 5.16. The smallest absolute Gasteiger partial charge is 0.410 e. The molecular formula is C23H22N4O4. The molecule has 0 fully saturated rings. The van der Waals surface area contributed by atoms with Crippen LogP contribution >= 0.6 is 0 Å². The Hall–Kier alpha value is -4.33. The maximum atomic E-state index is 13.0. The molecule has 1 atom stereocenters. The van der Waals surface area contributed by atoms with Gasteiger partial charge in [0, 0.05) is 0 Å². The largest absolute Gasteiger partial charge is 0.413 e. The summed E-state index contributed by atoms with van der Waals surface area (Å²) in [6.45, 7) is 0. The molecule has 3 amide bonds. The molecule has 0 unspecified atom stereocenters. The zero-order chi connectivity index (χ0) is 22.1. The monoisotopic (exact) mass is 418 g/mol. The standard InChI is InChI=1S/C23H22N4O4/c24-21(28)16-20(25-23(30)31-19-14-8-3-9-15-19)22(29)26-27(17-10-4-1-5-11-17)18-12-6-2-7-13-18/h1-15,20H,16H2,(H2,24,28)(H,25,30)(H,26,29)/t20-/m1/s1. The number of nitrogens with zero attached hydrogens (tertiary/aromatic N) is 1. The molecule has 158 valence electrons. The Balaban J connectivity index is 1.77. The SMILES string of the molecule is NC(=O)C[C@@H](NC(=O)Oc1ccccc1)C(=O)NN(c1ccccc1)c1ccccc1. The number of nitrogens with one attached hydrogen (secondary N) is 2. The third-order valence-electron chi connectivity index (χ3n) is 4.22. The van der Waals surface area contributed by atoms with Crippen LogP contribution in [0, 0.1) is 0 Å². The predicted molar refractivity (Wildman–Crippen MR) is 116 cm³/mol. The van der Waals surface area contributed by atoms with E-state index in [0.29, 0.717) is 17.1 Å². The Labute approximate surface area is 179 Å². The molecule has 0 radical (unpaired) electrons. The van der Waals surface area contributed by atoms with Crippen molar-refractivity contribution in [2.24, 2.45) is 5.73 Å². The number of carbonyl (C=O) groups excluding carboxylic acids is 3. The minimum absolute atomic E-state index is 0.299. The molecule has 8 heteroatoms. The van der Waals surface area contributed by atoms with Crippen molar-refractivity contribution in [3.05, 3.63) is 91.0 Å². The molecule has 0 heterocycles. The van der Waals surface area contributed by atoms with Crippen LogP contribution in [0.25, 0.3) is 0 Å². The van der Waals surface area contributed by atoms with Crippen LogP contribution in [0.4, 0.5) is 16.2 Å². The van der Waals surface area contributed by atoms with Crippen molar-refractivity contribution < 1.29 is 19.1 Å². The first-order chi connectivity index (χ1) is 15.0. The van der Waals surface area contributed by atoms with E-state index in [2.05, 4.69) is 10.7 Å². The number of hydrogen-bond donors (Lipinski definition) is 3. The Morgan fingerprint density at radius 1 is 0.806 bits per heavy atom. The molecule has 0 bridgehead atoms. The van der Waals surface area contributed by atoms with Crippen molar-refractivity contribution in [3.8, 4) is 5.75 Å². The zero-order valence-corrected chi connectivity index (χ0v) is 16.6. The zero-order valence-electron chi connectivity index (χ0n) is 16.6. The van der Waals surface area contributed by atoms with Crippen molar-refractivity contribution in [2.75, 3.05) is 5.01 Å². The normalized spacial score (nSPS) is 11.1. The van der Waals surface area contributed by atoms with E-state index in [-0.39, 0.29) is 0 Å². The molecule has 0 aliphatic heterocycles. The summed E-state index contributed by atoms with van der Waals surface area (Å²) in [5, 5.41) is 3.96. The van der Waals surface area contributed by atoms with Crippen molar-refractivity contribution in [1.29, 1.82) is 0 Å². The van der Waals surface area contributed by atoms with E-state index in [4.69, 9.17) is 10.5 Å². The molecule has 3 aromatic rings. The van der Waals surface area contributed by atoms with Gasteiger partial charge in [0.15, 0.2) is 0 Å². The number of rotatable bonds is 8. The molecule has 0 aliphatic carbocycles. The van der Waals surface area contributed by atoms with Gasteiger partial charge in [-0.3, -0.25) is 20.0 Å². The first-order valence-electron chi connectivity index (χ1n) is 9.55. The summed E-state index contributed by atoms with van der Waals surface area (Å²) >= 11 is 0. The van der Waals surface area contributed by atoms with E-state index in [0.717, 1.165) is 0 Å². The fraction of sp³-hybridized carbons (Fsp3) is 0.0870. The third-order valence-corrected chi connectivity index (χ3v) is 4.22. The highest BCUT2D eigenvalue weighted by Crippen LogP contribution is 2.22. The number of hydrogen-bond acceptors (Lipinski definition) is 5. The summed E-state index contributed by atoms with van der Waals surface area (Å²) in [5.41, 5.74) is 9.40. The van der Waals surface area contributed by atoms with E-state index in [1.165, 1.54) is 0 Å². The average Bonchev–Trinajstić information content (AvgIpc) is 2.78. The summed E-state index contributed by atoms with van der Waals surface area (Å²) in [6, 6.07) is 25.4. The van der Waals surface area contributed by atoms with Crippen molar-refractivity contribution in [2.45, 2.75) is 12.5 Å². The first-order valence-corrected chi connectivity index (χ1v) is 9.55. The number of benzene rings is 3. The van der Waals surface area contributed by atoms with Gasteiger partial charge in [0.2, 0.25) is 5.91 Å². The topological polar surface area (TPSA) is 114 Å². The minimum atomic E-state index is -1.23. The summed E-state index contributed by atoms with van der Waals surface area (Å²) in [4.78, 5) is 36.8. The van der Waals surface area contributed by atoms with Crippen molar-refractivity contribution in [3.63, 3.8) is 0 Å². The Bertz CT molecular complexity index is 974. The van der Waals surface area contributed by atoms with E-state index in [1.54, 1.807) is 35.3 Å². The second-order valence-corrected chi connectivity index (χ2v) is 6.55. The molecule has 0 spiro atoms. The van der Waals surface area contributed by atoms with Gasteiger partial charge in [0.05, 0.1) is 17.8 Å². The number of carbonyl (C=O) groups is 3. The van der Waals surface area contributed by atoms with Crippen LogP contribution in [-0.4, -0.2) is 23.9 Å². The van der Waals surface area contributed by atoms with Crippen LogP contribution in [0.1, 0.15) is 6.42 Å². The lowest BCUT2D eigenvalue weighted by molar-refractivity contribution is -0.127. The van der Waals surface area contributed by atoms with Crippen LogP contribution in [0.15, 0.2) is 91.0 Å². The molecule has 3 rings (SSSR count). The highest BCUT2D eigenvalue weighted by atomic mass is 16.6. The maximum absolute atomic E-state index is 13.0. The lowest BCUT2D eigenvalue weighted by Gasteiger charge is -2.27. The number of nitrogens with two attached hydrogens (primary N) is 1. The number of anilines is 2. The molecule has 4 N–H and O–H groups in total. The number of primary amides is 1. The number of hydrazine groups is 1. The number of para-hydroxylation sites is 3. The highest BCUT2D eigenvalue weighted by molar-refractivity contribution is 5.92. The lowest BCUT2D eigenvalue weighted by Crippen LogP contribution is -2.53. The second kappa shape index (κ2) is 10.4. The molecule has 8 nitrogen and oxygen atoms in total. The van der Waals surface area contributed by atoms with E-state index < -0.39 is 30.4 Å². The van der Waals surface area contributed by atoms with Gasteiger partial charge in [-0.25, -0.2) is 4.79 Å². The molecule has 31 heavy (non-hydrogen) atoms. The van der Waals surface area contributed by atoms with Gasteiger partial charge >= 0.3 is 6.09 Å². The Kier molecular flexibility index (Phi) is 7.21. The third kappa shape index (κ3) is 6.33. The molecule has 0 saturated carbocycles. The van der Waals surface area contributed by atoms with Crippen LogP contribution in [0.5, 0.6) is 5.75 Å². The Morgan fingerprint density at radius 3 is 1.77 bits per heavy atom. The van der Waals surface area contributed by atoms with Crippen LogP contribution in [0.2, 0.25) is 0 Å².